The van der Waals surface area contributed by atoms with E-state index in [1.807, 2.05) is 6.92 Å². The van der Waals surface area contributed by atoms with Crippen molar-refractivity contribution in [2.24, 2.45) is 0 Å². The molecule has 0 saturated heterocycles. The van der Waals surface area contributed by atoms with Crippen LogP contribution < -0.4 is 14.9 Å². The Hall–Kier alpha value is -2.39. The molecule has 1 atom stereocenters. The van der Waals surface area contributed by atoms with E-state index in [2.05, 4.69) is 10.6 Å². The van der Waals surface area contributed by atoms with Crippen molar-refractivity contribution in [2.75, 3.05) is 14.9 Å². The molecule has 1 heterocycles. The number of rotatable bonds is 4. The van der Waals surface area contributed by atoms with Crippen LogP contribution in [-0.4, -0.2) is 19.6 Å². The van der Waals surface area contributed by atoms with Gasteiger partial charge in [0.2, 0.25) is 0 Å². The first-order chi connectivity index (χ1) is 15.6. The maximum absolute atomic E-state index is 13.7. The number of anilines is 3. The first-order valence-corrected chi connectivity index (χ1v) is 12.7. The van der Waals surface area contributed by atoms with Crippen molar-refractivity contribution in [3.63, 3.8) is 0 Å². The summed E-state index contributed by atoms with van der Waals surface area (Å²) < 4.78 is 41.9. The Morgan fingerprint density at radius 2 is 1.64 bits per heavy atom. The highest BCUT2D eigenvalue weighted by Gasteiger charge is 2.34. The summed E-state index contributed by atoms with van der Waals surface area (Å²) in [6, 6.07) is 15.2. The molecule has 3 aromatic rings. The number of benzene rings is 3. The van der Waals surface area contributed by atoms with Crippen LogP contribution in [0.5, 0.6) is 0 Å². The zero-order valence-corrected chi connectivity index (χ0v) is 20.6. The summed E-state index contributed by atoms with van der Waals surface area (Å²) >= 11 is 17.3. The van der Waals surface area contributed by atoms with Crippen LogP contribution in [0.4, 0.5) is 21.5 Å². The Morgan fingerprint density at radius 3 is 2.30 bits per heavy atom. The molecule has 0 spiro atoms. The second-order valence-corrected chi connectivity index (χ2v) is 10.8. The van der Waals surface area contributed by atoms with Gasteiger partial charge in [-0.2, -0.15) is 0 Å². The monoisotopic (exact) mass is 523 g/mol. The Labute approximate surface area is 207 Å². The smallest absolute Gasteiger partial charge is 0.264 e. The predicted molar refractivity (Wildman–Crippen MR) is 137 cm³/mol. The molecule has 0 unspecified atom stereocenters. The number of nitrogens with zero attached hydrogens (tertiary/aromatic N) is 1. The molecule has 0 fully saturated rings. The van der Waals surface area contributed by atoms with Crippen molar-refractivity contribution < 1.29 is 12.8 Å². The van der Waals surface area contributed by atoms with Gasteiger partial charge in [-0.1, -0.05) is 23.2 Å². The molecule has 5 nitrogen and oxygen atoms in total. The Bertz CT molecular complexity index is 1300. The van der Waals surface area contributed by atoms with E-state index in [0.717, 1.165) is 0 Å². The van der Waals surface area contributed by atoms with Gasteiger partial charge in [-0.15, -0.1) is 0 Å². The maximum atomic E-state index is 13.7. The molecule has 0 aromatic heterocycles. The number of thiocarbonyl (C=S) groups is 1. The first kappa shape index (κ1) is 23.8. The van der Waals surface area contributed by atoms with Crippen LogP contribution in [0.1, 0.15) is 18.9 Å². The molecule has 2 N–H and O–H groups in total. The number of hydrogen-bond donors (Lipinski definition) is 2. The van der Waals surface area contributed by atoms with Crippen molar-refractivity contribution in [1.29, 1.82) is 0 Å². The summed E-state index contributed by atoms with van der Waals surface area (Å²) in [7, 11) is -3.84. The largest absolute Gasteiger partial charge is 0.332 e. The average molecular weight is 524 g/mol. The standard InChI is InChI=1S/C23H20Cl2FN3O2S2/c1-14-2-3-15-10-18(26)4-9-22(15)29(14)33(30,31)21-7-5-19(6-8-21)27-23(32)28-20-12-16(24)11-17(25)13-20/h4-14H,2-3H2,1H3,(H2,27,28,32)/t14-/m0/s1. The van der Waals surface area contributed by atoms with Crippen LogP contribution >= 0.6 is 35.4 Å². The molecule has 0 bridgehead atoms. The fraction of sp³-hybridized carbons (Fsp3) is 0.174. The maximum Gasteiger partial charge on any atom is 0.264 e. The summed E-state index contributed by atoms with van der Waals surface area (Å²) in [5.41, 5.74) is 2.43. The van der Waals surface area contributed by atoms with Crippen molar-refractivity contribution in [3.05, 3.63) is 82.1 Å². The number of hydrogen-bond acceptors (Lipinski definition) is 3. The third kappa shape index (κ3) is 5.24. The number of sulfonamides is 1. The number of halogens is 3. The molecule has 0 aliphatic carbocycles. The predicted octanol–water partition coefficient (Wildman–Crippen LogP) is 6.47. The molecule has 33 heavy (non-hydrogen) atoms. The van der Waals surface area contributed by atoms with E-state index < -0.39 is 10.0 Å². The molecule has 0 amide bonds. The molecule has 10 heteroatoms. The lowest BCUT2D eigenvalue weighted by atomic mass is 9.99. The molecule has 172 valence electrons. The van der Waals surface area contributed by atoms with E-state index >= 15 is 0 Å². The summed E-state index contributed by atoms with van der Waals surface area (Å²) in [5, 5.41) is 7.22. The van der Waals surface area contributed by atoms with Crippen LogP contribution in [0.25, 0.3) is 0 Å². The van der Waals surface area contributed by atoms with E-state index in [0.29, 0.717) is 50.6 Å². The van der Waals surface area contributed by atoms with Gasteiger partial charge in [0.05, 0.1) is 10.6 Å². The minimum absolute atomic E-state index is 0.137. The SMILES string of the molecule is C[C@H]1CCc2cc(F)ccc2N1S(=O)(=O)c1ccc(NC(=S)Nc2cc(Cl)cc(Cl)c2)cc1. The van der Waals surface area contributed by atoms with Crippen molar-refractivity contribution in [2.45, 2.75) is 30.7 Å². The topological polar surface area (TPSA) is 61.4 Å². The van der Waals surface area contributed by atoms with E-state index in [1.165, 1.54) is 34.6 Å². The second-order valence-electron chi connectivity index (χ2n) is 7.72. The summed E-state index contributed by atoms with van der Waals surface area (Å²) in [4.78, 5) is 0.137. The van der Waals surface area contributed by atoms with Gasteiger partial charge in [0.15, 0.2) is 5.11 Å². The highest BCUT2D eigenvalue weighted by molar-refractivity contribution is 7.92. The summed E-state index contributed by atoms with van der Waals surface area (Å²) in [5.74, 6) is -0.374. The second kappa shape index (κ2) is 9.46. The molecule has 1 aliphatic rings. The van der Waals surface area contributed by atoms with Gasteiger partial charge >= 0.3 is 0 Å². The number of aryl methyl sites for hydroxylation is 1. The lowest BCUT2D eigenvalue weighted by Gasteiger charge is -2.36. The molecule has 0 radical (unpaired) electrons. The van der Waals surface area contributed by atoms with E-state index in [1.54, 1.807) is 30.3 Å². The highest BCUT2D eigenvalue weighted by atomic mass is 35.5. The minimum atomic E-state index is -3.84. The van der Waals surface area contributed by atoms with Crippen molar-refractivity contribution in [1.82, 2.24) is 0 Å². The average Bonchev–Trinajstić information content (AvgIpc) is 2.73. The molecule has 0 saturated carbocycles. The number of nitrogens with one attached hydrogen (secondary N) is 2. The van der Waals surface area contributed by atoms with Crippen LogP contribution in [0.3, 0.4) is 0 Å². The molecule has 3 aromatic carbocycles. The fourth-order valence-corrected chi connectivity index (χ4v) is 6.28. The van der Waals surface area contributed by atoms with Crippen LogP contribution in [0, 0.1) is 5.82 Å². The fourth-order valence-electron chi connectivity index (χ4n) is 3.80. The van der Waals surface area contributed by atoms with Crippen molar-refractivity contribution >= 4 is 67.6 Å². The lowest BCUT2D eigenvalue weighted by Crippen LogP contribution is -2.42. The van der Waals surface area contributed by atoms with E-state index in [9.17, 15) is 12.8 Å². The van der Waals surface area contributed by atoms with Gasteiger partial charge in [0, 0.05) is 27.5 Å². The van der Waals surface area contributed by atoms with Crippen LogP contribution in [0.15, 0.2) is 65.6 Å². The quantitative estimate of drug-likeness (QED) is 0.383. The zero-order valence-electron chi connectivity index (χ0n) is 17.5. The van der Waals surface area contributed by atoms with Gasteiger partial charge < -0.3 is 10.6 Å². The van der Waals surface area contributed by atoms with Gasteiger partial charge in [0.1, 0.15) is 5.82 Å². The zero-order chi connectivity index (χ0) is 23.8. The summed E-state index contributed by atoms with van der Waals surface area (Å²) in [6.45, 7) is 1.85. The van der Waals surface area contributed by atoms with Crippen LogP contribution in [0.2, 0.25) is 10.0 Å². The first-order valence-electron chi connectivity index (χ1n) is 10.1. The Morgan fingerprint density at radius 1 is 1.00 bits per heavy atom. The van der Waals surface area contributed by atoms with E-state index in [4.69, 9.17) is 35.4 Å². The Kier molecular flexibility index (Phi) is 6.81. The molecular weight excluding hydrogens is 504 g/mol. The van der Waals surface area contributed by atoms with Gasteiger partial charge in [-0.05, 0) is 98.2 Å². The van der Waals surface area contributed by atoms with E-state index in [-0.39, 0.29) is 16.8 Å². The molecule has 1 aliphatic heterocycles. The van der Waals surface area contributed by atoms with Crippen molar-refractivity contribution in [3.8, 4) is 0 Å². The minimum Gasteiger partial charge on any atom is -0.332 e. The lowest BCUT2D eigenvalue weighted by molar-refractivity contribution is 0.560. The summed E-state index contributed by atoms with van der Waals surface area (Å²) in [6.07, 6.45) is 1.24. The van der Waals surface area contributed by atoms with Gasteiger partial charge in [0.25, 0.3) is 10.0 Å². The molecule has 4 rings (SSSR count). The number of fused-ring (bicyclic) bond motifs is 1. The van der Waals surface area contributed by atoms with Gasteiger partial charge in [-0.3, -0.25) is 4.31 Å². The van der Waals surface area contributed by atoms with Gasteiger partial charge in [-0.25, -0.2) is 12.8 Å². The third-order valence-electron chi connectivity index (χ3n) is 5.30. The Balaban J connectivity index is 1.52. The normalized spacial score (nSPS) is 15.6. The highest BCUT2D eigenvalue weighted by Crippen LogP contribution is 2.36. The third-order valence-corrected chi connectivity index (χ3v) is 7.88. The van der Waals surface area contributed by atoms with Crippen LogP contribution in [-0.2, 0) is 16.4 Å². The molecular formula is C23H20Cl2FN3O2S2.